The first kappa shape index (κ1) is 18.3. The Balaban J connectivity index is 1.55. The molecular weight excluding hydrogens is 368 g/mol. The molecule has 4 rings (SSSR count). The molecule has 1 aromatic carbocycles. The van der Waals surface area contributed by atoms with E-state index in [1.807, 2.05) is 18.2 Å². The van der Waals surface area contributed by atoms with E-state index in [-0.39, 0.29) is 12.3 Å². The maximum atomic E-state index is 12.7. The maximum Gasteiger partial charge on any atom is 0.252 e. The van der Waals surface area contributed by atoms with Gasteiger partial charge in [0.2, 0.25) is 5.91 Å². The molecule has 0 unspecified atom stereocenters. The number of amides is 2. The van der Waals surface area contributed by atoms with E-state index in [1.54, 1.807) is 49.1 Å². The highest BCUT2D eigenvalue weighted by atomic mass is 16.2. The van der Waals surface area contributed by atoms with Crippen LogP contribution in [0.3, 0.4) is 0 Å². The summed E-state index contributed by atoms with van der Waals surface area (Å²) in [5, 5.41) is 2.70. The Morgan fingerprint density at radius 2 is 1.90 bits per heavy atom. The monoisotopic (exact) mass is 386 g/mol. The van der Waals surface area contributed by atoms with Crippen molar-refractivity contribution in [1.29, 1.82) is 0 Å². The van der Waals surface area contributed by atoms with Gasteiger partial charge >= 0.3 is 0 Å². The van der Waals surface area contributed by atoms with Gasteiger partial charge in [-0.05, 0) is 42.0 Å². The molecule has 29 heavy (non-hydrogen) atoms. The van der Waals surface area contributed by atoms with Gasteiger partial charge in [-0.15, -0.1) is 0 Å². The van der Waals surface area contributed by atoms with Crippen LogP contribution in [0.1, 0.15) is 15.9 Å². The van der Waals surface area contributed by atoms with Gasteiger partial charge in [-0.2, -0.15) is 0 Å². The second-order valence-corrected chi connectivity index (χ2v) is 6.55. The molecule has 4 aromatic rings. The molecule has 2 amide bonds. The second-order valence-electron chi connectivity index (χ2n) is 6.55. The zero-order valence-corrected chi connectivity index (χ0v) is 15.4. The van der Waals surface area contributed by atoms with Crippen LogP contribution in [0.15, 0.2) is 67.3 Å². The number of nitrogens with zero attached hydrogens (tertiary/aromatic N) is 3. The normalized spacial score (nSPS) is 11.9. The van der Waals surface area contributed by atoms with Gasteiger partial charge in [0.25, 0.3) is 5.91 Å². The molecule has 0 fully saturated rings. The number of imidazole rings is 1. The maximum absolute atomic E-state index is 12.7. The standard InChI is InChI=1S/C21H18N6O2/c22-19(28)18(10-13-2-1-7-24-12-13)27-21(29)15-3-4-16-17(11-15)26-20(25-16)14-5-8-23-9-6-14/h1-9,11-12,18H,10H2,(H2,22,28)(H,25,26)(H,27,29)/t18-/m0/s1. The number of fused-ring (bicyclic) bond motifs is 1. The molecule has 8 heteroatoms. The number of H-pyrrole nitrogens is 1. The summed E-state index contributed by atoms with van der Waals surface area (Å²) in [6.07, 6.45) is 6.93. The molecule has 3 heterocycles. The average molecular weight is 386 g/mol. The van der Waals surface area contributed by atoms with Gasteiger partial charge in [0.05, 0.1) is 11.0 Å². The van der Waals surface area contributed by atoms with Crippen LogP contribution in [0.4, 0.5) is 0 Å². The van der Waals surface area contributed by atoms with Crippen molar-refractivity contribution in [3.05, 3.63) is 78.4 Å². The zero-order valence-electron chi connectivity index (χ0n) is 15.4. The van der Waals surface area contributed by atoms with E-state index in [9.17, 15) is 9.59 Å². The van der Waals surface area contributed by atoms with Crippen molar-refractivity contribution < 1.29 is 9.59 Å². The summed E-state index contributed by atoms with van der Waals surface area (Å²) in [6.45, 7) is 0. The number of primary amides is 1. The molecule has 8 nitrogen and oxygen atoms in total. The van der Waals surface area contributed by atoms with E-state index in [2.05, 4.69) is 25.3 Å². The van der Waals surface area contributed by atoms with Crippen LogP contribution < -0.4 is 11.1 Å². The minimum Gasteiger partial charge on any atom is -0.368 e. The van der Waals surface area contributed by atoms with Crippen LogP contribution in [-0.2, 0) is 11.2 Å². The van der Waals surface area contributed by atoms with Crippen molar-refractivity contribution in [3.8, 4) is 11.4 Å². The van der Waals surface area contributed by atoms with Crippen molar-refractivity contribution in [1.82, 2.24) is 25.3 Å². The zero-order chi connectivity index (χ0) is 20.2. The quantitative estimate of drug-likeness (QED) is 0.466. The number of aromatic nitrogens is 4. The van der Waals surface area contributed by atoms with Crippen LogP contribution >= 0.6 is 0 Å². The number of rotatable bonds is 6. The Morgan fingerprint density at radius 3 is 2.62 bits per heavy atom. The number of benzene rings is 1. The third-order valence-corrected chi connectivity index (χ3v) is 4.51. The lowest BCUT2D eigenvalue weighted by Gasteiger charge is -2.15. The number of pyridine rings is 2. The van der Waals surface area contributed by atoms with Crippen molar-refractivity contribution >= 4 is 22.8 Å². The fourth-order valence-electron chi connectivity index (χ4n) is 3.02. The van der Waals surface area contributed by atoms with Crippen molar-refractivity contribution in [3.63, 3.8) is 0 Å². The van der Waals surface area contributed by atoms with E-state index >= 15 is 0 Å². The van der Waals surface area contributed by atoms with Crippen molar-refractivity contribution in [2.75, 3.05) is 0 Å². The minimum absolute atomic E-state index is 0.271. The first-order valence-corrected chi connectivity index (χ1v) is 8.99. The molecule has 1 atom stereocenters. The van der Waals surface area contributed by atoms with Crippen LogP contribution in [0.25, 0.3) is 22.4 Å². The molecule has 0 aliphatic heterocycles. The van der Waals surface area contributed by atoms with Crippen molar-refractivity contribution in [2.24, 2.45) is 5.73 Å². The van der Waals surface area contributed by atoms with E-state index < -0.39 is 11.9 Å². The average Bonchev–Trinajstić information content (AvgIpc) is 3.18. The van der Waals surface area contributed by atoms with Gasteiger partial charge in [-0.25, -0.2) is 4.98 Å². The molecule has 0 aliphatic carbocycles. The van der Waals surface area contributed by atoms with E-state index in [4.69, 9.17) is 5.73 Å². The van der Waals surface area contributed by atoms with Gasteiger partial charge in [0.1, 0.15) is 11.9 Å². The highest BCUT2D eigenvalue weighted by Gasteiger charge is 2.20. The number of carbonyl (C=O) groups is 2. The number of nitrogens with two attached hydrogens (primary N) is 1. The predicted octanol–water partition coefficient (Wildman–Crippen LogP) is 1.85. The van der Waals surface area contributed by atoms with Crippen molar-refractivity contribution in [2.45, 2.75) is 12.5 Å². The molecule has 0 saturated carbocycles. The van der Waals surface area contributed by atoms with Gasteiger partial charge in [-0.1, -0.05) is 6.07 Å². The molecule has 0 spiro atoms. The number of hydrogen-bond donors (Lipinski definition) is 3. The number of carbonyl (C=O) groups excluding carboxylic acids is 2. The Morgan fingerprint density at radius 1 is 1.07 bits per heavy atom. The largest absolute Gasteiger partial charge is 0.368 e. The second kappa shape index (κ2) is 7.89. The highest BCUT2D eigenvalue weighted by Crippen LogP contribution is 2.20. The van der Waals surface area contributed by atoms with Gasteiger partial charge in [0, 0.05) is 42.3 Å². The molecule has 3 aromatic heterocycles. The van der Waals surface area contributed by atoms with Crippen LogP contribution in [0, 0.1) is 0 Å². The molecule has 0 bridgehead atoms. The minimum atomic E-state index is -0.837. The van der Waals surface area contributed by atoms with E-state index in [0.717, 1.165) is 16.6 Å². The summed E-state index contributed by atoms with van der Waals surface area (Å²) in [7, 11) is 0. The summed E-state index contributed by atoms with van der Waals surface area (Å²) in [6, 6.07) is 11.6. The first-order valence-electron chi connectivity index (χ1n) is 8.99. The molecule has 0 saturated heterocycles. The summed E-state index contributed by atoms with van der Waals surface area (Å²) in [5.41, 5.74) is 9.03. The smallest absolute Gasteiger partial charge is 0.252 e. The molecule has 144 valence electrons. The number of hydrogen-bond acceptors (Lipinski definition) is 5. The summed E-state index contributed by atoms with van der Waals surface area (Å²) in [4.78, 5) is 40.3. The fraction of sp³-hybridized carbons (Fsp3) is 0.0952. The molecule has 0 aliphatic rings. The highest BCUT2D eigenvalue weighted by molar-refractivity contribution is 6.00. The Labute approximate surface area is 166 Å². The Hall–Kier alpha value is -4.07. The van der Waals surface area contributed by atoms with Crippen LogP contribution in [0.5, 0.6) is 0 Å². The lowest BCUT2D eigenvalue weighted by molar-refractivity contribution is -0.119. The lowest BCUT2D eigenvalue weighted by atomic mass is 10.1. The van der Waals surface area contributed by atoms with E-state index in [1.165, 1.54) is 0 Å². The first-order chi connectivity index (χ1) is 14.1. The van der Waals surface area contributed by atoms with Gasteiger partial charge in [0.15, 0.2) is 0 Å². The topological polar surface area (TPSA) is 127 Å². The summed E-state index contributed by atoms with van der Waals surface area (Å²) < 4.78 is 0. The Kier molecular flexibility index (Phi) is 4.98. The Bertz CT molecular complexity index is 1160. The van der Waals surface area contributed by atoms with Crippen LogP contribution in [-0.4, -0.2) is 37.8 Å². The SMILES string of the molecule is NC(=O)[C@H](Cc1cccnc1)NC(=O)c1ccc2nc(-c3ccncc3)[nH]c2c1. The molecular formula is C21H18N6O2. The lowest BCUT2D eigenvalue weighted by Crippen LogP contribution is -2.45. The number of aromatic amines is 1. The third-order valence-electron chi connectivity index (χ3n) is 4.51. The molecule has 0 radical (unpaired) electrons. The third kappa shape index (κ3) is 4.11. The fourth-order valence-corrected chi connectivity index (χ4v) is 3.02. The predicted molar refractivity (Wildman–Crippen MR) is 108 cm³/mol. The van der Waals surface area contributed by atoms with Gasteiger partial charge in [-0.3, -0.25) is 19.6 Å². The van der Waals surface area contributed by atoms with Gasteiger partial charge < -0.3 is 16.0 Å². The van der Waals surface area contributed by atoms with Crippen LogP contribution in [0.2, 0.25) is 0 Å². The molecule has 4 N–H and O–H groups in total. The summed E-state index contributed by atoms with van der Waals surface area (Å²) >= 11 is 0. The number of nitrogens with one attached hydrogen (secondary N) is 2. The van der Waals surface area contributed by atoms with E-state index in [0.29, 0.717) is 16.9 Å². The summed E-state index contributed by atoms with van der Waals surface area (Å²) in [5.74, 6) is -0.309.